The van der Waals surface area contributed by atoms with Crippen LogP contribution in [0, 0.1) is 34.0 Å². The molecule has 2 bridgehead atoms. The van der Waals surface area contributed by atoms with Gasteiger partial charge in [-0.2, -0.15) is 0 Å². The lowest BCUT2D eigenvalue weighted by atomic mass is 9.40. The van der Waals surface area contributed by atoms with Crippen LogP contribution in [0.25, 0.3) is 0 Å². The van der Waals surface area contributed by atoms with E-state index in [1.54, 1.807) is 19.5 Å². The predicted molar refractivity (Wildman–Crippen MR) is 135 cm³/mol. The molecule has 3 fully saturated rings. The fraction of sp³-hybridized carbons (Fsp3) is 0.667. The molecule has 206 valence electrons. The van der Waals surface area contributed by atoms with Crippen molar-refractivity contribution in [1.29, 1.82) is 0 Å². The van der Waals surface area contributed by atoms with Crippen LogP contribution < -0.4 is 0 Å². The Kier molecular flexibility index (Phi) is 6.39. The highest BCUT2D eigenvalue weighted by Gasteiger charge is 2.68. The van der Waals surface area contributed by atoms with E-state index in [1.807, 2.05) is 26.8 Å². The van der Waals surface area contributed by atoms with Gasteiger partial charge in [0.05, 0.1) is 32.0 Å². The summed E-state index contributed by atoms with van der Waals surface area (Å²) in [5.41, 5.74) is 0.975. The Hall–Kier alpha value is -2.90. The minimum atomic E-state index is -0.869. The number of fused-ring (bicyclic) bond motifs is 5. The first-order chi connectivity index (χ1) is 17.9. The second-order valence-electron chi connectivity index (χ2n) is 12.5. The van der Waals surface area contributed by atoms with Crippen molar-refractivity contribution in [2.24, 2.45) is 34.0 Å². The predicted octanol–water partition coefficient (Wildman–Crippen LogP) is 5.12. The van der Waals surface area contributed by atoms with Crippen molar-refractivity contribution in [2.45, 2.75) is 85.4 Å². The largest absolute Gasteiger partial charge is 0.472 e. The summed E-state index contributed by atoms with van der Waals surface area (Å²) in [6.45, 7) is 9.85. The molecule has 4 aliphatic rings. The average Bonchev–Trinajstić information content (AvgIpc) is 3.41. The Bertz CT molecular complexity index is 1190. The van der Waals surface area contributed by atoms with E-state index in [2.05, 4.69) is 6.92 Å². The second-order valence-corrected chi connectivity index (χ2v) is 12.5. The number of ether oxygens (including phenoxy) is 3. The zero-order chi connectivity index (χ0) is 27.6. The first kappa shape index (κ1) is 26.7. The molecule has 2 heterocycles. The summed E-state index contributed by atoms with van der Waals surface area (Å²) in [5.74, 6) is -2.10. The highest BCUT2D eigenvalue weighted by atomic mass is 16.6. The number of carbonyl (C=O) groups is 4. The van der Waals surface area contributed by atoms with Crippen LogP contribution in [0.1, 0.15) is 84.8 Å². The van der Waals surface area contributed by atoms with Gasteiger partial charge >= 0.3 is 17.9 Å². The fourth-order valence-electron chi connectivity index (χ4n) is 8.42. The number of methoxy groups -OCH3 is 1. The van der Waals surface area contributed by atoms with E-state index < -0.39 is 46.3 Å². The van der Waals surface area contributed by atoms with Gasteiger partial charge in [0, 0.05) is 34.7 Å². The summed E-state index contributed by atoms with van der Waals surface area (Å²) in [7, 11) is 1.35. The molecule has 1 saturated heterocycles. The van der Waals surface area contributed by atoms with Crippen LogP contribution in [-0.4, -0.2) is 36.9 Å². The molecule has 38 heavy (non-hydrogen) atoms. The van der Waals surface area contributed by atoms with Crippen LogP contribution in [0.2, 0.25) is 0 Å². The number of hydrogen-bond donors (Lipinski definition) is 0. The van der Waals surface area contributed by atoms with Crippen LogP contribution in [0.4, 0.5) is 0 Å². The maximum atomic E-state index is 14.3. The van der Waals surface area contributed by atoms with Crippen molar-refractivity contribution in [3.8, 4) is 0 Å². The lowest BCUT2D eigenvalue weighted by Gasteiger charge is -2.63. The first-order valence-corrected chi connectivity index (χ1v) is 13.6. The molecule has 2 saturated carbocycles. The van der Waals surface area contributed by atoms with Crippen LogP contribution in [0.15, 0.2) is 34.2 Å². The second kappa shape index (κ2) is 9.09. The van der Waals surface area contributed by atoms with Gasteiger partial charge in [-0.05, 0) is 42.7 Å². The number of allylic oxidation sites excluding steroid dienone is 1. The SMILES string of the molecule is CCC(=O)O[C@H]1[C@H]2CC3=C4CC(=O)O[C@H](c5ccoc5)[C@@]4(C)CC[C@@H]3[C@@](C)(C2=O)[C@@H](CC(=O)OC)C1(C)C. The Labute approximate surface area is 223 Å². The van der Waals surface area contributed by atoms with E-state index in [4.69, 9.17) is 18.6 Å². The van der Waals surface area contributed by atoms with Gasteiger partial charge in [0.25, 0.3) is 0 Å². The minimum Gasteiger partial charge on any atom is -0.472 e. The lowest BCUT2D eigenvalue weighted by molar-refractivity contribution is -0.198. The Balaban J connectivity index is 1.68. The lowest BCUT2D eigenvalue weighted by Crippen LogP contribution is -2.66. The normalized spacial score (nSPS) is 37.6. The molecular formula is C30H38O8. The van der Waals surface area contributed by atoms with E-state index in [1.165, 1.54) is 7.11 Å². The molecule has 1 aromatic rings. The maximum absolute atomic E-state index is 14.3. The number of carbonyl (C=O) groups excluding carboxylic acids is 4. The van der Waals surface area contributed by atoms with E-state index in [0.29, 0.717) is 6.42 Å². The monoisotopic (exact) mass is 526 g/mol. The summed E-state index contributed by atoms with van der Waals surface area (Å²) in [6, 6.07) is 1.83. The summed E-state index contributed by atoms with van der Waals surface area (Å²) in [6.07, 6.45) is 4.34. The Morgan fingerprint density at radius 1 is 1.13 bits per heavy atom. The van der Waals surface area contributed by atoms with Crippen LogP contribution in [0.5, 0.6) is 0 Å². The third kappa shape index (κ3) is 3.69. The van der Waals surface area contributed by atoms with E-state index in [9.17, 15) is 19.2 Å². The van der Waals surface area contributed by atoms with Crippen molar-refractivity contribution < 1.29 is 37.8 Å². The number of cyclic esters (lactones) is 1. The highest BCUT2D eigenvalue weighted by Crippen LogP contribution is 2.68. The number of esters is 3. The minimum absolute atomic E-state index is 0.0438. The number of rotatable bonds is 5. The van der Waals surface area contributed by atoms with E-state index >= 15 is 0 Å². The van der Waals surface area contributed by atoms with Crippen molar-refractivity contribution >= 4 is 23.7 Å². The van der Waals surface area contributed by atoms with Gasteiger partial charge in [0.15, 0.2) is 0 Å². The van der Waals surface area contributed by atoms with Gasteiger partial charge in [-0.1, -0.05) is 40.2 Å². The molecule has 1 aromatic heterocycles. The zero-order valence-corrected chi connectivity index (χ0v) is 23.1. The third-order valence-corrected chi connectivity index (χ3v) is 10.3. The molecule has 0 aromatic carbocycles. The fourth-order valence-corrected chi connectivity index (χ4v) is 8.42. The standard InChI is InChI=1S/C30H38O8/c1-7-22(31)37-27-18-12-17-19(30(5,25(18)34)21(28(27,2)3)14-23(32)35-6)8-10-29(4)20(17)13-24(33)38-26(29)16-9-11-36-15-16/h9,11,15,18-19,21,26-27H,7-8,10,12-14H2,1-6H3/t18-,19-,21-,26+,27-,29-,30+/m0/s1. The molecule has 8 heteroatoms. The molecule has 0 radical (unpaired) electrons. The quantitative estimate of drug-likeness (QED) is 0.296. The number of Topliss-reactive ketones (excluding diaryl/α,β-unsaturated/α-hetero) is 1. The van der Waals surface area contributed by atoms with Gasteiger partial charge in [-0.3, -0.25) is 19.2 Å². The smallest absolute Gasteiger partial charge is 0.310 e. The van der Waals surface area contributed by atoms with Crippen LogP contribution >= 0.6 is 0 Å². The molecule has 1 aliphatic heterocycles. The first-order valence-electron chi connectivity index (χ1n) is 13.6. The molecule has 5 rings (SSSR count). The van der Waals surface area contributed by atoms with Gasteiger partial charge in [-0.25, -0.2) is 0 Å². The van der Waals surface area contributed by atoms with Gasteiger partial charge in [-0.15, -0.1) is 0 Å². The van der Waals surface area contributed by atoms with Gasteiger partial charge in [0.2, 0.25) is 0 Å². The summed E-state index contributed by atoms with van der Waals surface area (Å²) >= 11 is 0. The topological polar surface area (TPSA) is 109 Å². The summed E-state index contributed by atoms with van der Waals surface area (Å²) in [4.78, 5) is 52.5. The summed E-state index contributed by atoms with van der Waals surface area (Å²) in [5, 5.41) is 0. The van der Waals surface area contributed by atoms with Gasteiger partial charge in [0.1, 0.15) is 18.0 Å². The number of furan rings is 1. The third-order valence-electron chi connectivity index (χ3n) is 10.3. The maximum Gasteiger partial charge on any atom is 0.310 e. The molecule has 0 unspecified atom stereocenters. The van der Waals surface area contributed by atoms with Crippen LogP contribution in [0.3, 0.4) is 0 Å². The van der Waals surface area contributed by atoms with Crippen molar-refractivity contribution in [2.75, 3.05) is 7.11 Å². The van der Waals surface area contributed by atoms with E-state index in [-0.39, 0.29) is 42.9 Å². The Morgan fingerprint density at radius 3 is 2.50 bits per heavy atom. The van der Waals surface area contributed by atoms with Crippen molar-refractivity contribution in [3.63, 3.8) is 0 Å². The zero-order valence-electron chi connectivity index (χ0n) is 23.1. The molecule has 0 N–H and O–H groups in total. The van der Waals surface area contributed by atoms with Gasteiger partial charge < -0.3 is 18.6 Å². The van der Waals surface area contributed by atoms with Crippen LogP contribution in [-0.2, 0) is 33.4 Å². The molecule has 7 atom stereocenters. The molecule has 8 nitrogen and oxygen atoms in total. The highest BCUT2D eigenvalue weighted by molar-refractivity contribution is 5.92. The Morgan fingerprint density at radius 2 is 1.87 bits per heavy atom. The molecule has 0 spiro atoms. The molecule has 0 amide bonds. The van der Waals surface area contributed by atoms with E-state index in [0.717, 1.165) is 29.6 Å². The van der Waals surface area contributed by atoms with Crippen molar-refractivity contribution in [3.05, 3.63) is 35.3 Å². The molecular weight excluding hydrogens is 488 g/mol. The number of hydrogen-bond acceptors (Lipinski definition) is 8. The summed E-state index contributed by atoms with van der Waals surface area (Å²) < 4.78 is 22.3. The van der Waals surface area contributed by atoms with Crippen molar-refractivity contribution in [1.82, 2.24) is 0 Å². The molecule has 3 aliphatic carbocycles. The average molecular weight is 527 g/mol. The number of ketones is 1.